The summed E-state index contributed by atoms with van der Waals surface area (Å²) in [5.41, 5.74) is 9.97. The summed E-state index contributed by atoms with van der Waals surface area (Å²) in [5.74, 6) is 0. The van der Waals surface area contributed by atoms with Crippen molar-refractivity contribution in [1.82, 2.24) is 0 Å². The van der Waals surface area contributed by atoms with Gasteiger partial charge in [0.2, 0.25) is 0 Å². The van der Waals surface area contributed by atoms with Crippen molar-refractivity contribution in [1.29, 1.82) is 0 Å². The van der Waals surface area contributed by atoms with Gasteiger partial charge in [-0.05, 0) is 39.9 Å². The molecule has 12 N–H and O–H groups in total. The minimum absolute atomic E-state index is 0. The molecule has 1 unspecified atom stereocenters. The number of hydrogen-bond donors (Lipinski definition) is 10. The van der Waals surface area contributed by atoms with Gasteiger partial charge in [0.1, 0.15) is 0 Å². The minimum atomic E-state index is -5.80. The number of aliphatic hydroxyl groups is 2. The molecule has 0 saturated heterocycles. The molecule has 0 rings (SSSR count). The van der Waals surface area contributed by atoms with Crippen LogP contribution in [-0.2, 0) is 18.3 Å². The van der Waals surface area contributed by atoms with E-state index in [-0.39, 0.29) is 63.7 Å². The van der Waals surface area contributed by atoms with Gasteiger partial charge in [0.05, 0.1) is 0 Å². The van der Waals surface area contributed by atoms with Crippen LogP contribution in [0, 0.1) is 0 Å². The van der Waals surface area contributed by atoms with E-state index in [1.807, 2.05) is 0 Å². The molecule has 0 spiro atoms. The van der Waals surface area contributed by atoms with Gasteiger partial charge in [-0.15, -0.1) is 0 Å². The molecule has 1 atom stereocenters. The van der Waals surface area contributed by atoms with E-state index in [0.29, 0.717) is 0 Å². The molecule has 0 aromatic carbocycles. The Morgan fingerprint density at radius 1 is 0.655 bits per heavy atom. The molecule has 21 heteroatoms. The van der Waals surface area contributed by atoms with Crippen molar-refractivity contribution < 1.29 is 67.6 Å². The zero-order valence-electron chi connectivity index (χ0n) is 14.9. The van der Waals surface area contributed by atoms with Crippen LogP contribution in [0.5, 0.6) is 0 Å². The monoisotopic (exact) mass is 536 g/mol. The molecule has 0 aromatic heterocycles. The fourth-order valence-electron chi connectivity index (χ4n) is 1.58. The van der Waals surface area contributed by atoms with Crippen LogP contribution < -0.4 is 21.3 Å². The first-order chi connectivity index (χ1) is 12.1. The minimum Gasteiger partial charge on any atom is -0.808 e. The molecular formula is C8H24CaN2O14P4. The first-order valence-corrected chi connectivity index (χ1v) is 13.5. The fourth-order valence-corrected chi connectivity index (χ4v) is 6.00. The van der Waals surface area contributed by atoms with Crippen LogP contribution in [0.15, 0.2) is 0 Å². The van der Waals surface area contributed by atoms with Gasteiger partial charge in [0.25, 0.3) is 5.08 Å². The quantitative estimate of drug-likeness (QED) is 0.0934. The Bertz CT molecular complexity index is 579. The van der Waals surface area contributed by atoms with Crippen molar-refractivity contribution in [3.63, 3.8) is 0 Å². The topological polar surface area (TPSA) is 328 Å². The Morgan fingerprint density at radius 2 is 0.897 bits per heavy atom. The smallest absolute Gasteiger partial charge is 0.808 e. The number of hydrogen-bond acceptors (Lipinski definition) is 10. The normalized spacial score (nSPS) is 15.6. The van der Waals surface area contributed by atoms with Crippen molar-refractivity contribution in [3.05, 3.63) is 0 Å². The van der Waals surface area contributed by atoms with Gasteiger partial charge >= 0.3 is 60.5 Å². The third-order valence-electron chi connectivity index (χ3n) is 3.27. The second-order valence-electron chi connectivity index (χ2n) is 5.46. The zero-order valence-corrected chi connectivity index (χ0v) is 20.7. The molecule has 0 fully saturated rings. The third kappa shape index (κ3) is 10.0. The summed E-state index contributed by atoms with van der Waals surface area (Å²) in [6, 6.07) is 0. The van der Waals surface area contributed by atoms with Crippen LogP contribution in [-0.4, -0.2) is 101 Å². The molecule has 0 aromatic rings. The van der Waals surface area contributed by atoms with Gasteiger partial charge in [0.15, 0.2) is 5.08 Å². The Morgan fingerprint density at radius 3 is 1.07 bits per heavy atom. The van der Waals surface area contributed by atoms with Crippen LogP contribution in [0.4, 0.5) is 0 Å². The predicted molar refractivity (Wildman–Crippen MR) is 96.0 cm³/mol. The third-order valence-corrected chi connectivity index (χ3v) is 10.9. The molecule has 16 nitrogen and oxygen atoms in total. The summed E-state index contributed by atoms with van der Waals surface area (Å²) in [6.07, 6.45) is -1.92. The van der Waals surface area contributed by atoms with Crippen molar-refractivity contribution in [2.75, 3.05) is 13.1 Å². The van der Waals surface area contributed by atoms with E-state index >= 15 is 0 Å². The van der Waals surface area contributed by atoms with Crippen molar-refractivity contribution in [2.45, 2.75) is 35.8 Å². The summed E-state index contributed by atoms with van der Waals surface area (Å²) in [7, 11) is -21.8. The van der Waals surface area contributed by atoms with Gasteiger partial charge in [-0.1, -0.05) is 0 Å². The van der Waals surface area contributed by atoms with Gasteiger partial charge in [0, 0.05) is 6.42 Å². The summed E-state index contributed by atoms with van der Waals surface area (Å²) in [4.78, 5) is 72.6. The summed E-state index contributed by atoms with van der Waals surface area (Å²) in [6.45, 7) is -0.134. The largest absolute Gasteiger partial charge is 2.00 e. The average molecular weight is 536 g/mol. The van der Waals surface area contributed by atoms with E-state index in [2.05, 4.69) is 0 Å². The molecule has 172 valence electrons. The Balaban J connectivity index is -0.000000451. The second kappa shape index (κ2) is 12.8. The van der Waals surface area contributed by atoms with Gasteiger partial charge in [-0.25, -0.2) is 0 Å². The van der Waals surface area contributed by atoms with Crippen molar-refractivity contribution in [3.8, 4) is 0 Å². The second-order valence-corrected chi connectivity index (χ2v) is 13.4. The summed E-state index contributed by atoms with van der Waals surface area (Å²) in [5, 5.41) is 11.5. The Labute approximate surface area is 195 Å². The molecule has 29 heavy (non-hydrogen) atoms. The zero-order chi connectivity index (χ0) is 23.2. The molecule has 0 bridgehead atoms. The maximum absolute atomic E-state index is 10.7. The van der Waals surface area contributed by atoms with E-state index in [1.54, 1.807) is 0 Å². The van der Waals surface area contributed by atoms with E-state index in [1.165, 1.54) is 0 Å². The Kier molecular flexibility index (Phi) is 15.6. The van der Waals surface area contributed by atoms with Crippen LogP contribution in [0.2, 0.25) is 0 Å². The fraction of sp³-hybridized carbons (Fsp3) is 1.00. The van der Waals surface area contributed by atoms with Crippen LogP contribution in [0.25, 0.3) is 0 Å². The van der Waals surface area contributed by atoms with E-state index in [0.717, 1.165) is 0 Å². The van der Waals surface area contributed by atoms with Gasteiger partial charge in [-0.2, -0.15) is 0 Å². The SMILES string of the molecule is NCCCC(O)(P(=O)(O)O)P(=O)(O)O.NCCCC(O)(P(=O)([O-])[O-])P(=O)(O)O.[Ca+2]. The van der Waals surface area contributed by atoms with Crippen molar-refractivity contribution >= 4 is 68.1 Å². The maximum atomic E-state index is 10.7. The first-order valence-electron chi connectivity index (χ1n) is 7.16. The summed E-state index contributed by atoms with van der Waals surface area (Å²) >= 11 is 0. The summed E-state index contributed by atoms with van der Waals surface area (Å²) < 4.78 is 42.6. The molecule has 0 heterocycles. The maximum Gasteiger partial charge on any atom is 2.00 e. The Hall–Kier alpha value is 1.70. The van der Waals surface area contributed by atoms with Crippen LogP contribution >= 0.6 is 30.4 Å². The molecular weight excluding hydrogens is 512 g/mol. The predicted octanol–water partition coefficient (Wildman–Crippen LogP) is -4.19. The van der Waals surface area contributed by atoms with E-state index in [9.17, 15) is 33.2 Å². The molecule has 0 aliphatic heterocycles. The first kappa shape index (κ1) is 35.3. The average Bonchev–Trinajstić information content (AvgIpc) is 2.46. The molecule has 0 aliphatic rings. The van der Waals surface area contributed by atoms with Gasteiger partial charge in [-0.3, -0.25) is 13.7 Å². The van der Waals surface area contributed by atoms with E-state index < -0.39 is 53.4 Å². The molecule has 0 amide bonds. The van der Waals surface area contributed by atoms with Crippen LogP contribution in [0.3, 0.4) is 0 Å². The number of nitrogens with two attached hydrogens (primary N) is 2. The molecule has 0 radical (unpaired) electrons. The molecule has 0 saturated carbocycles. The van der Waals surface area contributed by atoms with Crippen molar-refractivity contribution in [2.24, 2.45) is 11.5 Å². The van der Waals surface area contributed by atoms with Crippen LogP contribution in [0.1, 0.15) is 25.7 Å². The number of rotatable bonds is 10. The van der Waals surface area contributed by atoms with Gasteiger partial charge < -0.3 is 65.4 Å². The standard InChI is InChI=1S/2C4H13NO7P2.Ca/c2*5-3-1-2-4(6,13(7,8)9)14(10,11)12;/h2*6H,1-3,5H2,(H2,7,8,9)(H2,10,11,12);/q;;+2/p-2. The molecule has 0 aliphatic carbocycles. The van der Waals surface area contributed by atoms with E-state index in [4.69, 9.17) is 45.9 Å².